The molecular weight excluding hydrogens is 343 g/mol. The van der Waals surface area contributed by atoms with Crippen molar-refractivity contribution in [2.75, 3.05) is 11.5 Å². The number of imide groups is 1. The molecule has 1 N–H and O–H groups in total. The molecule has 1 aliphatic heterocycles. The first-order valence-electron chi connectivity index (χ1n) is 6.92. The highest BCUT2D eigenvalue weighted by atomic mass is 35.5. The third kappa shape index (κ3) is 3.33. The number of nitrogens with zero attached hydrogens (tertiary/aromatic N) is 1. The maximum atomic E-state index is 14.3. The Hall–Kier alpha value is -2.61. The third-order valence-electron chi connectivity index (χ3n) is 3.03. The maximum absolute atomic E-state index is 14.3. The molecule has 2 rings (SSSR count). The van der Waals surface area contributed by atoms with Crippen molar-refractivity contribution in [1.82, 2.24) is 5.32 Å². The van der Waals surface area contributed by atoms with Crippen LogP contribution in [0.25, 0.3) is 0 Å². The van der Waals surface area contributed by atoms with E-state index in [1.807, 2.05) is 0 Å². The number of amides is 3. The number of carbonyl (C=O) groups excluding carboxylic acids is 3. The summed E-state index contributed by atoms with van der Waals surface area (Å²) < 4.78 is 23.8. The number of nitrogens with one attached hydrogen (secondary N) is 1. The third-order valence-corrected chi connectivity index (χ3v) is 3.33. The van der Waals surface area contributed by atoms with Crippen LogP contribution in [0.5, 0.6) is 5.75 Å². The monoisotopic (exact) mass is 356 g/mol. The van der Waals surface area contributed by atoms with Crippen LogP contribution in [-0.4, -0.2) is 24.7 Å². The number of urea groups is 1. The van der Waals surface area contributed by atoms with Crippen LogP contribution in [0, 0.1) is 5.82 Å². The second kappa shape index (κ2) is 6.88. The van der Waals surface area contributed by atoms with Gasteiger partial charge in [-0.15, -0.1) is 0 Å². The van der Waals surface area contributed by atoms with Gasteiger partial charge in [-0.2, -0.15) is 0 Å². The molecule has 1 saturated heterocycles. The molecule has 128 valence electrons. The number of anilines is 1. The van der Waals surface area contributed by atoms with Gasteiger partial charge in [0.15, 0.2) is 5.75 Å². The van der Waals surface area contributed by atoms with Gasteiger partial charge < -0.3 is 9.47 Å². The lowest BCUT2D eigenvalue weighted by molar-refractivity contribution is -0.115. The maximum Gasteiger partial charge on any atom is 0.513 e. The molecule has 0 spiro atoms. The fraction of sp³-hybridized carbons (Fsp3) is 0.267. The van der Waals surface area contributed by atoms with E-state index in [9.17, 15) is 18.8 Å². The summed E-state index contributed by atoms with van der Waals surface area (Å²) in [6, 6.07) is 1.11. The zero-order chi connectivity index (χ0) is 18.0. The van der Waals surface area contributed by atoms with E-state index >= 15 is 0 Å². The molecule has 1 aliphatic rings. The van der Waals surface area contributed by atoms with Crippen LogP contribution in [-0.2, 0) is 9.53 Å². The molecule has 9 heteroatoms. The van der Waals surface area contributed by atoms with E-state index < -0.39 is 23.9 Å². The van der Waals surface area contributed by atoms with E-state index in [1.54, 1.807) is 20.8 Å². The Kier molecular flexibility index (Phi) is 5.08. The first-order valence-corrected chi connectivity index (χ1v) is 7.30. The summed E-state index contributed by atoms with van der Waals surface area (Å²) in [6.07, 6.45) is -1.03. The molecule has 0 atom stereocenters. The number of carbonyl (C=O) groups is 3. The fourth-order valence-electron chi connectivity index (χ4n) is 2.10. The lowest BCUT2D eigenvalue weighted by atomic mass is 10.2. The molecule has 7 nitrogen and oxygen atoms in total. The Balaban J connectivity index is 2.50. The van der Waals surface area contributed by atoms with E-state index in [2.05, 4.69) is 10.1 Å². The van der Waals surface area contributed by atoms with E-state index in [0.717, 1.165) is 17.0 Å². The van der Waals surface area contributed by atoms with Crippen molar-refractivity contribution in [3.63, 3.8) is 0 Å². The summed E-state index contributed by atoms with van der Waals surface area (Å²) in [5.74, 6) is -1.71. The zero-order valence-electron chi connectivity index (χ0n) is 13.1. The Bertz CT molecular complexity index is 758. The number of halogens is 2. The van der Waals surface area contributed by atoms with Crippen molar-refractivity contribution in [1.29, 1.82) is 0 Å². The SMILES string of the molecule is CCOC(=O)Oc1cc(N2C(=O)NC(=O)C2=C(C)C)c(F)cc1Cl. The van der Waals surface area contributed by atoms with Crippen molar-refractivity contribution in [3.8, 4) is 5.75 Å². The highest BCUT2D eigenvalue weighted by Crippen LogP contribution is 2.36. The number of benzene rings is 1. The van der Waals surface area contributed by atoms with Crippen molar-refractivity contribution in [2.45, 2.75) is 20.8 Å². The normalized spacial score (nSPS) is 13.9. The number of allylic oxidation sites excluding steroid dienone is 1. The van der Waals surface area contributed by atoms with E-state index in [1.165, 1.54) is 0 Å². The van der Waals surface area contributed by atoms with Crippen LogP contribution < -0.4 is 15.0 Å². The van der Waals surface area contributed by atoms with Crippen LogP contribution >= 0.6 is 11.6 Å². The fourth-order valence-corrected chi connectivity index (χ4v) is 2.29. The van der Waals surface area contributed by atoms with E-state index in [0.29, 0.717) is 5.57 Å². The first-order chi connectivity index (χ1) is 11.3. The van der Waals surface area contributed by atoms with Crippen LogP contribution in [0.1, 0.15) is 20.8 Å². The quantitative estimate of drug-likeness (QED) is 0.388. The number of rotatable bonds is 3. The predicted molar refractivity (Wildman–Crippen MR) is 83.5 cm³/mol. The van der Waals surface area contributed by atoms with Crippen molar-refractivity contribution in [3.05, 3.63) is 34.2 Å². The summed E-state index contributed by atoms with van der Waals surface area (Å²) in [6.45, 7) is 4.87. The lowest BCUT2D eigenvalue weighted by Gasteiger charge is -2.18. The Morgan fingerprint density at radius 3 is 2.58 bits per heavy atom. The first kappa shape index (κ1) is 17.7. The molecule has 0 aromatic heterocycles. The van der Waals surface area contributed by atoms with Crippen LogP contribution in [0.15, 0.2) is 23.4 Å². The second-order valence-corrected chi connectivity index (χ2v) is 5.37. The van der Waals surface area contributed by atoms with Crippen LogP contribution in [0.4, 0.5) is 19.7 Å². The van der Waals surface area contributed by atoms with Gasteiger partial charge in [0, 0.05) is 6.07 Å². The summed E-state index contributed by atoms with van der Waals surface area (Å²) >= 11 is 5.85. The Morgan fingerprint density at radius 2 is 2.00 bits per heavy atom. The second-order valence-electron chi connectivity index (χ2n) is 4.96. The van der Waals surface area contributed by atoms with Crippen LogP contribution in [0.2, 0.25) is 5.02 Å². The lowest BCUT2D eigenvalue weighted by Crippen LogP contribution is -2.28. The van der Waals surface area contributed by atoms with E-state index in [4.69, 9.17) is 16.3 Å². The topological polar surface area (TPSA) is 84.9 Å². The average Bonchev–Trinajstić information content (AvgIpc) is 2.76. The standard InChI is InChI=1S/C15H14ClFN2O5/c1-4-23-15(22)24-11-6-10(9(17)5-8(11)16)19-12(7(2)3)13(20)18-14(19)21/h5-6H,4H2,1-3H3,(H,18,20,21). The van der Waals surface area contributed by atoms with Gasteiger partial charge in [0.25, 0.3) is 5.91 Å². The minimum Gasteiger partial charge on any atom is -0.434 e. The molecule has 0 bridgehead atoms. The van der Waals surface area contributed by atoms with Gasteiger partial charge in [-0.05, 0) is 32.4 Å². The molecule has 0 unspecified atom stereocenters. The predicted octanol–water partition coefficient (Wildman–Crippen LogP) is 3.36. The molecular formula is C15H14ClFN2O5. The summed E-state index contributed by atoms with van der Waals surface area (Å²) in [5, 5.41) is 1.89. The highest BCUT2D eigenvalue weighted by Gasteiger charge is 2.37. The molecule has 0 saturated carbocycles. The van der Waals surface area contributed by atoms with Gasteiger partial charge in [0.2, 0.25) is 0 Å². The molecule has 24 heavy (non-hydrogen) atoms. The molecule has 1 aromatic rings. The largest absolute Gasteiger partial charge is 0.513 e. The number of ether oxygens (including phenoxy) is 2. The summed E-state index contributed by atoms with van der Waals surface area (Å²) in [7, 11) is 0. The van der Waals surface area contributed by atoms with Gasteiger partial charge in [-0.1, -0.05) is 11.6 Å². The van der Waals surface area contributed by atoms with Crippen molar-refractivity contribution < 1.29 is 28.2 Å². The van der Waals surface area contributed by atoms with Gasteiger partial charge in [-0.3, -0.25) is 15.0 Å². The van der Waals surface area contributed by atoms with Crippen molar-refractivity contribution in [2.24, 2.45) is 0 Å². The number of hydrogen-bond acceptors (Lipinski definition) is 5. The Morgan fingerprint density at radius 1 is 1.33 bits per heavy atom. The van der Waals surface area contributed by atoms with Gasteiger partial charge >= 0.3 is 12.2 Å². The smallest absolute Gasteiger partial charge is 0.434 e. The highest BCUT2D eigenvalue weighted by molar-refractivity contribution is 6.32. The van der Waals surface area contributed by atoms with Crippen LogP contribution in [0.3, 0.4) is 0 Å². The van der Waals surface area contributed by atoms with E-state index in [-0.39, 0.29) is 28.8 Å². The Labute approximate surface area is 142 Å². The van der Waals surface area contributed by atoms with Gasteiger partial charge in [0.1, 0.15) is 11.5 Å². The molecule has 1 fully saturated rings. The molecule has 1 heterocycles. The average molecular weight is 357 g/mol. The molecule has 0 aliphatic carbocycles. The molecule has 1 aromatic carbocycles. The summed E-state index contributed by atoms with van der Waals surface area (Å²) in [5.41, 5.74) is 0.210. The summed E-state index contributed by atoms with van der Waals surface area (Å²) in [4.78, 5) is 36.1. The minimum atomic E-state index is -1.03. The van der Waals surface area contributed by atoms with Gasteiger partial charge in [0.05, 0.1) is 17.3 Å². The molecule has 3 amide bonds. The zero-order valence-corrected chi connectivity index (χ0v) is 13.9. The van der Waals surface area contributed by atoms with Crippen molar-refractivity contribution >= 4 is 35.4 Å². The van der Waals surface area contributed by atoms with Gasteiger partial charge in [-0.25, -0.2) is 14.0 Å². The minimum absolute atomic E-state index is 0.0108. The number of hydrogen-bond donors (Lipinski definition) is 1. The molecule has 0 radical (unpaired) electrons.